The van der Waals surface area contributed by atoms with Crippen LogP contribution in [0.4, 0.5) is 0 Å². The maximum atomic E-state index is 12.1. The molecule has 0 bridgehead atoms. The van der Waals surface area contributed by atoms with Gasteiger partial charge in [0.05, 0.1) is 7.11 Å². The third kappa shape index (κ3) is 3.87. The number of benzene rings is 2. The van der Waals surface area contributed by atoms with E-state index < -0.39 is 5.63 Å². The SMILES string of the molecule is COc1cc2oc(=O)cc(-c3ccccc3)c2cc1CCC(=O)NC1CC1. The Hall–Kier alpha value is -3.08. The summed E-state index contributed by atoms with van der Waals surface area (Å²) in [6.45, 7) is 0. The molecule has 0 spiro atoms. The highest BCUT2D eigenvalue weighted by Gasteiger charge is 2.23. The van der Waals surface area contributed by atoms with E-state index in [9.17, 15) is 9.59 Å². The van der Waals surface area contributed by atoms with Crippen LogP contribution in [-0.4, -0.2) is 19.1 Å². The number of carbonyl (C=O) groups excluding carboxylic acids is 1. The number of fused-ring (bicyclic) bond motifs is 1. The van der Waals surface area contributed by atoms with E-state index in [4.69, 9.17) is 9.15 Å². The van der Waals surface area contributed by atoms with E-state index in [0.29, 0.717) is 30.2 Å². The molecule has 0 aliphatic heterocycles. The van der Waals surface area contributed by atoms with Crippen LogP contribution in [-0.2, 0) is 11.2 Å². The quantitative estimate of drug-likeness (QED) is 0.679. The number of rotatable bonds is 6. The molecule has 1 heterocycles. The van der Waals surface area contributed by atoms with E-state index in [2.05, 4.69) is 5.32 Å². The van der Waals surface area contributed by atoms with Gasteiger partial charge in [-0.25, -0.2) is 4.79 Å². The summed E-state index contributed by atoms with van der Waals surface area (Å²) in [6.07, 6.45) is 3.11. The number of nitrogens with one attached hydrogen (secondary N) is 1. The lowest BCUT2D eigenvalue weighted by atomic mass is 9.98. The smallest absolute Gasteiger partial charge is 0.336 e. The van der Waals surface area contributed by atoms with Crippen LogP contribution in [0.2, 0.25) is 0 Å². The first-order valence-electron chi connectivity index (χ1n) is 9.13. The summed E-state index contributed by atoms with van der Waals surface area (Å²) in [5.74, 6) is 0.678. The lowest BCUT2D eigenvalue weighted by Crippen LogP contribution is -2.25. The van der Waals surface area contributed by atoms with Crippen molar-refractivity contribution in [3.8, 4) is 16.9 Å². The van der Waals surface area contributed by atoms with Gasteiger partial charge in [-0.3, -0.25) is 4.79 Å². The van der Waals surface area contributed by atoms with Gasteiger partial charge in [0, 0.05) is 30.0 Å². The van der Waals surface area contributed by atoms with Crippen molar-refractivity contribution in [2.24, 2.45) is 0 Å². The van der Waals surface area contributed by atoms with E-state index in [-0.39, 0.29) is 5.91 Å². The van der Waals surface area contributed by atoms with Crippen LogP contribution >= 0.6 is 0 Å². The van der Waals surface area contributed by atoms with E-state index in [1.54, 1.807) is 13.2 Å². The molecule has 1 aromatic heterocycles. The Kier molecular flexibility index (Phi) is 4.67. The number of ether oxygens (including phenoxy) is 1. The summed E-state index contributed by atoms with van der Waals surface area (Å²) in [7, 11) is 1.58. The maximum absolute atomic E-state index is 12.1. The Morgan fingerprint density at radius 1 is 1.19 bits per heavy atom. The average Bonchev–Trinajstić information content (AvgIpc) is 3.49. The third-order valence-electron chi connectivity index (χ3n) is 4.79. The van der Waals surface area contributed by atoms with Gasteiger partial charge in [-0.15, -0.1) is 0 Å². The molecule has 27 heavy (non-hydrogen) atoms. The van der Waals surface area contributed by atoms with Crippen molar-refractivity contribution in [1.29, 1.82) is 0 Å². The van der Waals surface area contributed by atoms with Crippen molar-refractivity contribution in [1.82, 2.24) is 5.32 Å². The topological polar surface area (TPSA) is 68.5 Å². The van der Waals surface area contributed by atoms with Gasteiger partial charge in [-0.05, 0) is 42.0 Å². The molecule has 3 aromatic rings. The van der Waals surface area contributed by atoms with Gasteiger partial charge in [0.15, 0.2) is 0 Å². The highest BCUT2D eigenvalue weighted by Crippen LogP contribution is 2.33. The average molecular weight is 363 g/mol. The first kappa shape index (κ1) is 17.3. The molecule has 0 atom stereocenters. The van der Waals surface area contributed by atoms with E-state index in [0.717, 1.165) is 34.9 Å². The fourth-order valence-corrected chi connectivity index (χ4v) is 3.25. The summed E-state index contributed by atoms with van der Waals surface area (Å²) < 4.78 is 10.9. The minimum absolute atomic E-state index is 0.0579. The zero-order valence-corrected chi connectivity index (χ0v) is 15.2. The molecular weight excluding hydrogens is 342 g/mol. The van der Waals surface area contributed by atoms with Crippen LogP contribution in [0.25, 0.3) is 22.1 Å². The van der Waals surface area contributed by atoms with Crippen LogP contribution in [0, 0.1) is 0 Å². The van der Waals surface area contributed by atoms with Gasteiger partial charge < -0.3 is 14.5 Å². The van der Waals surface area contributed by atoms with E-state index in [1.807, 2.05) is 36.4 Å². The van der Waals surface area contributed by atoms with Crippen molar-refractivity contribution in [2.45, 2.75) is 31.7 Å². The standard InChI is InChI=1S/C22H21NO4/c1-26-19-13-20-18(11-15(19)7-10-21(24)23-16-8-9-16)17(12-22(25)27-20)14-5-3-2-4-6-14/h2-6,11-13,16H,7-10H2,1H3,(H,23,24). The molecule has 1 N–H and O–H groups in total. The summed E-state index contributed by atoms with van der Waals surface area (Å²) in [5, 5.41) is 3.84. The predicted molar refractivity (Wildman–Crippen MR) is 104 cm³/mol. The molecule has 1 saturated carbocycles. The molecule has 4 rings (SSSR count). The number of methoxy groups -OCH3 is 1. The molecule has 138 valence electrons. The summed E-state index contributed by atoms with van der Waals surface area (Å²) >= 11 is 0. The Morgan fingerprint density at radius 2 is 1.96 bits per heavy atom. The third-order valence-corrected chi connectivity index (χ3v) is 4.79. The molecule has 1 aliphatic rings. The molecule has 1 aliphatic carbocycles. The Bertz CT molecular complexity index is 1040. The number of carbonyl (C=O) groups is 1. The van der Waals surface area contributed by atoms with Crippen molar-refractivity contribution in [2.75, 3.05) is 7.11 Å². The fraction of sp³-hybridized carbons (Fsp3) is 0.273. The van der Waals surface area contributed by atoms with Gasteiger partial charge in [-0.1, -0.05) is 30.3 Å². The number of aryl methyl sites for hydroxylation is 1. The minimum Gasteiger partial charge on any atom is -0.496 e. The molecule has 5 heteroatoms. The molecule has 1 fully saturated rings. The molecule has 2 aromatic carbocycles. The first-order chi connectivity index (χ1) is 13.1. The Morgan fingerprint density at radius 3 is 2.67 bits per heavy atom. The zero-order valence-electron chi connectivity index (χ0n) is 15.2. The van der Waals surface area contributed by atoms with Crippen LogP contribution in [0.15, 0.2) is 57.7 Å². The van der Waals surface area contributed by atoms with Gasteiger partial charge in [0.2, 0.25) is 5.91 Å². The van der Waals surface area contributed by atoms with Crippen molar-refractivity contribution in [3.05, 3.63) is 64.5 Å². The van der Waals surface area contributed by atoms with Crippen molar-refractivity contribution >= 4 is 16.9 Å². The fourth-order valence-electron chi connectivity index (χ4n) is 3.25. The Balaban J connectivity index is 1.73. The second kappa shape index (κ2) is 7.27. The van der Waals surface area contributed by atoms with Crippen LogP contribution in [0.3, 0.4) is 0 Å². The van der Waals surface area contributed by atoms with E-state index in [1.165, 1.54) is 6.07 Å². The molecule has 1 amide bonds. The van der Waals surface area contributed by atoms with E-state index >= 15 is 0 Å². The molecule has 0 radical (unpaired) electrons. The lowest BCUT2D eigenvalue weighted by Gasteiger charge is -2.12. The molecule has 5 nitrogen and oxygen atoms in total. The predicted octanol–water partition coefficient (Wildman–Crippen LogP) is 3.68. The first-order valence-corrected chi connectivity index (χ1v) is 9.13. The highest BCUT2D eigenvalue weighted by molar-refractivity contribution is 5.94. The van der Waals surface area contributed by atoms with Crippen molar-refractivity contribution in [3.63, 3.8) is 0 Å². The van der Waals surface area contributed by atoms with Gasteiger partial charge in [0.1, 0.15) is 11.3 Å². The second-order valence-electron chi connectivity index (χ2n) is 6.85. The minimum atomic E-state index is -0.403. The van der Waals surface area contributed by atoms with Gasteiger partial charge >= 0.3 is 5.63 Å². The monoisotopic (exact) mass is 363 g/mol. The van der Waals surface area contributed by atoms with Crippen molar-refractivity contribution < 1.29 is 13.9 Å². The normalized spacial score (nSPS) is 13.5. The lowest BCUT2D eigenvalue weighted by molar-refractivity contribution is -0.121. The maximum Gasteiger partial charge on any atom is 0.336 e. The summed E-state index contributed by atoms with van der Waals surface area (Å²) in [4.78, 5) is 24.1. The van der Waals surface area contributed by atoms with Crippen LogP contribution < -0.4 is 15.7 Å². The van der Waals surface area contributed by atoms with Crippen LogP contribution in [0.5, 0.6) is 5.75 Å². The van der Waals surface area contributed by atoms with Gasteiger partial charge in [0.25, 0.3) is 0 Å². The van der Waals surface area contributed by atoms with Gasteiger partial charge in [-0.2, -0.15) is 0 Å². The largest absolute Gasteiger partial charge is 0.496 e. The number of hydrogen-bond donors (Lipinski definition) is 1. The number of hydrogen-bond acceptors (Lipinski definition) is 4. The molecular formula is C22H21NO4. The molecule has 0 unspecified atom stereocenters. The Labute approximate surface area is 157 Å². The molecule has 0 saturated heterocycles. The second-order valence-corrected chi connectivity index (χ2v) is 6.85. The summed E-state index contributed by atoms with van der Waals surface area (Å²) in [6, 6.07) is 15.3. The summed E-state index contributed by atoms with van der Waals surface area (Å²) in [5.41, 5.74) is 2.75. The highest BCUT2D eigenvalue weighted by atomic mass is 16.5. The van der Waals surface area contributed by atoms with Crippen LogP contribution in [0.1, 0.15) is 24.8 Å². The number of amides is 1. The zero-order chi connectivity index (χ0) is 18.8.